The van der Waals surface area contributed by atoms with E-state index in [1.807, 2.05) is 0 Å². The molecule has 1 aliphatic rings. The Morgan fingerprint density at radius 2 is 1.78 bits per heavy atom. The fourth-order valence-corrected chi connectivity index (χ4v) is 3.63. The number of ether oxygens (including phenoxy) is 1. The molecule has 1 fully saturated rings. The molecule has 5 N–H and O–H groups in total. The van der Waals surface area contributed by atoms with Crippen molar-refractivity contribution in [1.29, 1.82) is 0 Å². The summed E-state index contributed by atoms with van der Waals surface area (Å²) in [6.45, 7) is -0.736. The predicted molar refractivity (Wildman–Crippen MR) is 95.0 cm³/mol. The zero-order valence-electron chi connectivity index (χ0n) is 13.9. The van der Waals surface area contributed by atoms with Crippen molar-refractivity contribution in [3.05, 3.63) is 58.1 Å². The van der Waals surface area contributed by atoms with Crippen LogP contribution in [0.4, 0.5) is 0 Å². The predicted octanol–water partition coefficient (Wildman–Crippen LogP) is 0.0152. The molecule has 8 nitrogen and oxygen atoms in total. The molecule has 0 amide bonds. The van der Waals surface area contributed by atoms with Gasteiger partial charge in [-0.05, 0) is 5.56 Å². The van der Waals surface area contributed by atoms with Gasteiger partial charge >= 0.3 is 0 Å². The van der Waals surface area contributed by atoms with Gasteiger partial charge in [-0.2, -0.15) is 0 Å². The first-order chi connectivity index (χ1) is 12.7. The first-order valence-electron chi connectivity index (χ1n) is 8.05. The van der Waals surface area contributed by atoms with E-state index >= 15 is 0 Å². The van der Waals surface area contributed by atoms with Gasteiger partial charge in [0.2, 0.25) is 5.79 Å². The lowest BCUT2D eigenvalue weighted by molar-refractivity contribution is -0.399. The van der Waals surface area contributed by atoms with E-state index in [-0.39, 0.29) is 16.7 Å². The van der Waals surface area contributed by atoms with Crippen molar-refractivity contribution in [3.63, 3.8) is 0 Å². The lowest BCUT2D eigenvalue weighted by Gasteiger charge is -2.52. The van der Waals surface area contributed by atoms with Crippen LogP contribution >= 0.6 is 23.2 Å². The second kappa shape index (κ2) is 7.57. The Morgan fingerprint density at radius 3 is 2.37 bits per heavy atom. The number of aliphatic hydroxyl groups is 5. The Kier molecular flexibility index (Phi) is 5.72. The Labute approximate surface area is 164 Å². The van der Waals surface area contributed by atoms with Crippen LogP contribution in [0.15, 0.2) is 36.5 Å². The van der Waals surface area contributed by atoms with Crippen molar-refractivity contribution in [2.75, 3.05) is 6.61 Å². The van der Waals surface area contributed by atoms with Crippen molar-refractivity contribution >= 4 is 23.2 Å². The molecule has 2 heterocycles. The molecule has 5 atom stereocenters. The highest BCUT2D eigenvalue weighted by Crippen LogP contribution is 2.46. The van der Waals surface area contributed by atoms with Gasteiger partial charge in [0.25, 0.3) is 0 Å². The van der Waals surface area contributed by atoms with Crippen molar-refractivity contribution in [1.82, 2.24) is 9.97 Å². The van der Waals surface area contributed by atoms with Gasteiger partial charge in [-0.3, -0.25) is 0 Å². The summed E-state index contributed by atoms with van der Waals surface area (Å²) in [6, 6.07) is 8.48. The molecule has 0 spiro atoms. The van der Waals surface area contributed by atoms with E-state index in [0.717, 1.165) is 6.20 Å². The number of nitrogens with zero attached hydrogens (tertiary/aromatic N) is 2. The fourth-order valence-electron chi connectivity index (χ4n) is 3.19. The molecule has 146 valence electrons. The summed E-state index contributed by atoms with van der Waals surface area (Å²) in [5.74, 6) is -2.69. The monoisotopic (exact) mass is 416 g/mol. The molecule has 0 saturated carbocycles. The quantitative estimate of drug-likeness (QED) is 0.470. The SMILES string of the molecule is OC[C@H]1OC(O)(c2ncc(Cl)nc2Cl)[C@@](O)(Cc2ccccc2)[C@@H](O)[C@@H]1O. The highest BCUT2D eigenvalue weighted by atomic mass is 35.5. The summed E-state index contributed by atoms with van der Waals surface area (Å²) in [5.41, 5.74) is -2.34. The van der Waals surface area contributed by atoms with Gasteiger partial charge in [0.1, 0.15) is 29.2 Å². The molecule has 1 saturated heterocycles. The number of rotatable bonds is 4. The Balaban J connectivity index is 2.15. The van der Waals surface area contributed by atoms with Crippen molar-refractivity contribution in [2.45, 2.75) is 36.1 Å². The first kappa shape index (κ1) is 20.4. The fraction of sp³-hybridized carbons (Fsp3) is 0.412. The number of hydrogen-bond acceptors (Lipinski definition) is 8. The van der Waals surface area contributed by atoms with Crippen LogP contribution in [0, 0.1) is 0 Å². The van der Waals surface area contributed by atoms with Crippen LogP contribution in [0.3, 0.4) is 0 Å². The maximum atomic E-state index is 11.3. The van der Waals surface area contributed by atoms with Gasteiger partial charge in [0.15, 0.2) is 10.8 Å². The summed E-state index contributed by atoms with van der Waals surface area (Å²) < 4.78 is 5.42. The average molecular weight is 417 g/mol. The standard InChI is InChI=1S/C17H18Cl2N2O6/c18-11-7-20-13(15(19)21-11)17(26)16(25,6-9-4-2-1-3-5-9)14(24)12(23)10(8-22)27-17/h1-5,7,10,12,14,22-26H,6,8H2/t10-,12-,14+,16-,17?/m1/s1. The molecule has 1 aliphatic heterocycles. The van der Waals surface area contributed by atoms with Crippen LogP contribution in [-0.4, -0.2) is 66.0 Å². The van der Waals surface area contributed by atoms with Gasteiger partial charge in [0.05, 0.1) is 12.8 Å². The third kappa shape index (κ3) is 3.43. The average Bonchev–Trinajstić information content (AvgIpc) is 2.64. The summed E-state index contributed by atoms with van der Waals surface area (Å²) in [5, 5.41) is 52.5. The Morgan fingerprint density at radius 1 is 1.11 bits per heavy atom. The number of halogens is 2. The van der Waals surface area contributed by atoms with Crippen LogP contribution in [0.5, 0.6) is 0 Å². The molecule has 0 bridgehead atoms. The van der Waals surface area contributed by atoms with E-state index in [4.69, 9.17) is 27.9 Å². The summed E-state index contributed by atoms with van der Waals surface area (Å²) in [4.78, 5) is 7.67. The topological polar surface area (TPSA) is 136 Å². The van der Waals surface area contributed by atoms with Crippen LogP contribution in [0.2, 0.25) is 10.3 Å². The smallest absolute Gasteiger partial charge is 0.246 e. The van der Waals surface area contributed by atoms with Gasteiger partial charge in [-0.15, -0.1) is 0 Å². The zero-order valence-corrected chi connectivity index (χ0v) is 15.4. The van der Waals surface area contributed by atoms with Crippen LogP contribution in [0.1, 0.15) is 11.3 Å². The lowest BCUT2D eigenvalue weighted by Crippen LogP contribution is -2.72. The molecule has 0 aliphatic carbocycles. The highest BCUT2D eigenvalue weighted by Gasteiger charge is 2.65. The van der Waals surface area contributed by atoms with Gasteiger partial charge < -0.3 is 30.3 Å². The van der Waals surface area contributed by atoms with Crippen molar-refractivity contribution < 1.29 is 30.3 Å². The van der Waals surface area contributed by atoms with Crippen LogP contribution in [0.25, 0.3) is 0 Å². The maximum Gasteiger partial charge on any atom is 0.246 e. The molecule has 3 rings (SSSR count). The molecule has 2 aromatic rings. The third-order valence-electron chi connectivity index (χ3n) is 4.62. The molecule has 0 radical (unpaired) electrons. The molecular weight excluding hydrogens is 399 g/mol. The van der Waals surface area contributed by atoms with Crippen LogP contribution < -0.4 is 0 Å². The van der Waals surface area contributed by atoms with E-state index in [1.54, 1.807) is 30.3 Å². The third-order valence-corrected chi connectivity index (χ3v) is 5.07. The lowest BCUT2D eigenvalue weighted by atomic mass is 9.74. The number of aromatic nitrogens is 2. The van der Waals surface area contributed by atoms with E-state index in [2.05, 4.69) is 9.97 Å². The summed E-state index contributed by atoms with van der Waals surface area (Å²) in [7, 11) is 0. The number of benzene rings is 1. The summed E-state index contributed by atoms with van der Waals surface area (Å²) >= 11 is 11.8. The molecule has 10 heteroatoms. The van der Waals surface area contributed by atoms with Gasteiger partial charge in [-0.25, -0.2) is 9.97 Å². The molecule has 1 unspecified atom stereocenters. The Hall–Kier alpha value is -1.36. The van der Waals surface area contributed by atoms with Crippen molar-refractivity contribution in [2.24, 2.45) is 0 Å². The Bertz CT molecular complexity index is 813. The minimum Gasteiger partial charge on any atom is -0.394 e. The molecule has 27 heavy (non-hydrogen) atoms. The van der Waals surface area contributed by atoms with E-state index < -0.39 is 42.0 Å². The summed E-state index contributed by atoms with van der Waals surface area (Å²) in [6.07, 6.45) is -4.22. The minimum absolute atomic E-state index is 0.0611. The molecular formula is C17H18Cl2N2O6. The molecule has 1 aromatic heterocycles. The van der Waals surface area contributed by atoms with Crippen LogP contribution in [-0.2, 0) is 16.9 Å². The second-order valence-corrected chi connectivity index (χ2v) is 7.08. The number of hydrogen-bond donors (Lipinski definition) is 5. The van der Waals surface area contributed by atoms with E-state index in [1.165, 1.54) is 0 Å². The second-order valence-electron chi connectivity index (χ2n) is 6.34. The largest absolute Gasteiger partial charge is 0.394 e. The van der Waals surface area contributed by atoms with Crippen molar-refractivity contribution in [3.8, 4) is 0 Å². The molecule has 1 aromatic carbocycles. The normalized spacial score (nSPS) is 33.8. The number of aliphatic hydroxyl groups excluding tert-OH is 3. The first-order valence-corrected chi connectivity index (χ1v) is 8.80. The highest BCUT2D eigenvalue weighted by molar-refractivity contribution is 6.32. The zero-order chi connectivity index (χ0) is 19.8. The minimum atomic E-state index is -2.69. The van der Waals surface area contributed by atoms with Gasteiger partial charge in [-0.1, -0.05) is 53.5 Å². The van der Waals surface area contributed by atoms with E-state index in [0.29, 0.717) is 5.56 Å². The van der Waals surface area contributed by atoms with E-state index in [9.17, 15) is 25.5 Å². The van der Waals surface area contributed by atoms with Gasteiger partial charge in [0, 0.05) is 6.42 Å². The maximum absolute atomic E-state index is 11.3.